The lowest BCUT2D eigenvalue weighted by Crippen LogP contribution is -2.31. The first-order chi connectivity index (χ1) is 6.45. The van der Waals surface area contributed by atoms with E-state index in [4.69, 9.17) is 0 Å². The summed E-state index contributed by atoms with van der Waals surface area (Å²) in [6.45, 7) is 10.8. The zero-order chi connectivity index (χ0) is 11.3. The maximum atomic E-state index is 11.3. The van der Waals surface area contributed by atoms with Gasteiger partial charge in [0.15, 0.2) is 0 Å². The Labute approximate surface area is 86.4 Å². The van der Waals surface area contributed by atoms with Gasteiger partial charge in [-0.25, -0.2) is 0 Å². The summed E-state index contributed by atoms with van der Waals surface area (Å²) in [5.41, 5.74) is 0. The largest absolute Gasteiger partial charge is 0.299 e. The molecule has 2 nitrogen and oxygen atoms in total. The van der Waals surface area contributed by atoms with E-state index in [1.165, 1.54) is 13.8 Å². The second kappa shape index (κ2) is 5.74. The molecule has 0 saturated heterocycles. The maximum absolute atomic E-state index is 11.3. The van der Waals surface area contributed by atoms with Crippen LogP contribution in [0, 0.1) is 17.8 Å². The molecule has 0 N–H and O–H groups in total. The molecule has 0 heterocycles. The zero-order valence-electron chi connectivity index (χ0n) is 9.54. The van der Waals surface area contributed by atoms with Gasteiger partial charge in [-0.2, -0.15) is 0 Å². The van der Waals surface area contributed by atoms with Crippen molar-refractivity contribution in [2.24, 2.45) is 17.8 Å². The van der Waals surface area contributed by atoms with Crippen molar-refractivity contribution in [2.45, 2.75) is 34.1 Å². The molecule has 0 aliphatic heterocycles. The van der Waals surface area contributed by atoms with Crippen molar-refractivity contribution in [2.75, 3.05) is 0 Å². The maximum Gasteiger partial charge on any atom is 0.140 e. The minimum Gasteiger partial charge on any atom is -0.299 e. The third-order valence-corrected chi connectivity index (χ3v) is 2.83. The average Bonchev–Trinajstić information content (AvgIpc) is 2.11. The summed E-state index contributed by atoms with van der Waals surface area (Å²) < 4.78 is 0. The molecule has 80 valence electrons. The molecule has 0 saturated carbocycles. The highest BCUT2D eigenvalue weighted by molar-refractivity contribution is 6.00. The monoisotopic (exact) mass is 196 g/mol. The molecule has 0 fully saturated rings. The van der Waals surface area contributed by atoms with Crippen molar-refractivity contribution in [3.63, 3.8) is 0 Å². The molecule has 2 heteroatoms. The first-order valence-corrected chi connectivity index (χ1v) is 5.09. The smallest absolute Gasteiger partial charge is 0.140 e. The quantitative estimate of drug-likeness (QED) is 0.483. The van der Waals surface area contributed by atoms with Crippen molar-refractivity contribution in [3.8, 4) is 0 Å². The van der Waals surface area contributed by atoms with Gasteiger partial charge in [-0.05, 0) is 25.7 Å². The van der Waals surface area contributed by atoms with Crippen molar-refractivity contribution in [3.05, 3.63) is 12.7 Å². The molecule has 0 spiro atoms. The predicted molar refractivity (Wildman–Crippen MR) is 58.0 cm³/mol. The first kappa shape index (κ1) is 13.1. The van der Waals surface area contributed by atoms with Crippen LogP contribution in [-0.2, 0) is 9.59 Å². The van der Waals surface area contributed by atoms with Crippen LogP contribution in [0.5, 0.6) is 0 Å². The topological polar surface area (TPSA) is 34.1 Å². The van der Waals surface area contributed by atoms with Crippen LogP contribution in [0.1, 0.15) is 34.1 Å². The number of hydrogen-bond donors (Lipinski definition) is 0. The highest BCUT2D eigenvalue weighted by Crippen LogP contribution is 2.26. The van der Waals surface area contributed by atoms with E-state index in [1.807, 2.05) is 6.92 Å². The highest BCUT2D eigenvalue weighted by Gasteiger charge is 2.30. The van der Waals surface area contributed by atoms with Crippen LogP contribution in [0.4, 0.5) is 0 Å². The van der Waals surface area contributed by atoms with E-state index in [9.17, 15) is 9.59 Å². The van der Waals surface area contributed by atoms with E-state index < -0.39 is 5.92 Å². The third-order valence-electron chi connectivity index (χ3n) is 2.83. The Morgan fingerprint density at radius 3 is 1.93 bits per heavy atom. The standard InChI is InChI=1S/C12H20O2/c1-6-8(3)11(7-2)12(9(4)13)10(5)14/h7-8,11-12H,2,6H2,1,3-5H3. The lowest BCUT2D eigenvalue weighted by atomic mass is 9.77. The number of Topliss-reactive ketones (excluding diaryl/α,β-unsaturated/α-hetero) is 2. The van der Waals surface area contributed by atoms with Crippen molar-refractivity contribution in [1.82, 2.24) is 0 Å². The van der Waals surface area contributed by atoms with Crippen LogP contribution in [0.3, 0.4) is 0 Å². The Balaban J connectivity index is 4.85. The van der Waals surface area contributed by atoms with Gasteiger partial charge in [-0.1, -0.05) is 26.3 Å². The Morgan fingerprint density at radius 2 is 1.71 bits per heavy atom. The summed E-state index contributed by atoms with van der Waals surface area (Å²) in [6.07, 6.45) is 2.69. The lowest BCUT2D eigenvalue weighted by molar-refractivity contribution is -0.132. The van der Waals surface area contributed by atoms with Gasteiger partial charge in [0.25, 0.3) is 0 Å². The van der Waals surface area contributed by atoms with Crippen LogP contribution >= 0.6 is 0 Å². The third kappa shape index (κ3) is 3.09. The molecular weight excluding hydrogens is 176 g/mol. The van der Waals surface area contributed by atoms with Gasteiger partial charge >= 0.3 is 0 Å². The molecule has 0 aromatic heterocycles. The van der Waals surface area contributed by atoms with E-state index in [0.717, 1.165) is 6.42 Å². The van der Waals surface area contributed by atoms with Crippen LogP contribution in [0.2, 0.25) is 0 Å². The van der Waals surface area contributed by atoms with Crippen LogP contribution in [0.15, 0.2) is 12.7 Å². The average molecular weight is 196 g/mol. The molecule has 0 aromatic rings. The van der Waals surface area contributed by atoms with Gasteiger partial charge < -0.3 is 0 Å². The summed E-state index contributed by atoms with van der Waals surface area (Å²) in [5, 5.41) is 0. The van der Waals surface area contributed by atoms with Gasteiger partial charge in [0.1, 0.15) is 11.6 Å². The van der Waals surface area contributed by atoms with E-state index in [-0.39, 0.29) is 17.5 Å². The van der Waals surface area contributed by atoms with E-state index in [0.29, 0.717) is 5.92 Å². The molecule has 14 heavy (non-hydrogen) atoms. The minimum atomic E-state index is -0.498. The molecule has 0 aromatic carbocycles. The van der Waals surface area contributed by atoms with E-state index in [2.05, 4.69) is 13.5 Å². The zero-order valence-corrected chi connectivity index (χ0v) is 9.54. The summed E-state index contributed by atoms with van der Waals surface area (Å²) >= 11 is 0. The van der Waals surface area contributed by atoms with E-state index >= 15 is 0 Å². The van der Waals surface area contributed by atoms with Crippen LogP contribution < -0.4 is 0 Å². The van der Waals surface area contributed by atoms with Gasteiger partial charge in [0, 0.05) is 0 Å². The van der Waals surface area contributed by atoms with Gasteiger partial charge in [-0.3, -0.25) is 9.59 Å². The summed E-state index contributed by atoms with van der Waals surface area (Å²) in [6, 6.07) is 0. The van der Waals surface area contributed by atoms with Gasteiger partial charge in [0.05, 0.1) is 5.92 Å². The molecular formula is C12H20O2. The molecule has 2 unspecified atom stereocenters. The Bertz CT molecular complexity index is 216. The number of rotatable bonds is 6. The fraction of sp³-hybridized carbons (Fsp3) is 0.667. The number of allylic oxidation sites excluding steroid dienone is 1. The number of carbonyl (C=O) groups is 2. The Morgan fingerprint density at radius 1 is 1.29 bits per heavy atom. The SMILES string of the molecule is C=CC(C(C)CC)C(C(C)=O)C(C)=O. The molecule has 0 aliphatic rings. The van der Waals surface area contributed by atoms with E-state index in [1.54, 1.807) is 6.08 Å². The predicted octanol–water partition coefficient (Wildman–Crippen LogP) is 2.63. The first-order valence-electron chi connectivity index (χ1n) is 5.09. The summed E-state index contributed by atoms with van der Waals surface area (Å²) in [7, 11) is 0. The highest BCUT2D eigenvalue weighted by atomic mass is 16.1. The summed E-state index contributed by atoms with van der Waals surface area (Å²) in [5.74, 6) is -0.298. The Kier molecular flexibility index (Phi) is 5.36. The second-order valence-corrected chi connectivity index (χ2v) is 3.90. The molecule has 0 radical (unpaired) electrons. The van der Waals surface area contributed by atoms with Gasteiger partial charge in [0.2, 0.25) is 0 Å². The van der Waals surface area contributed by atoms with Crippen molar-refractivity contribution < 1.29 is 9.59 Å². The normalized spacial score (nSPS) is 14.9. The van der Waals surface area contributed by atoms with Crippen molar-refractivity contribution >= 4 is 11.6 Å². The lowest BCUT2D eigenvalue weighted by Gasteiger charge is -2.25. The molecule has 2 atom stereocenters. The van der Waals surface area contributed by atoms with Crippen molar-refractivity contribution in [1.29, 1.82) is 0 Å². The van der Waals surface area contributed by atoms with Crippen LogP contribution in [0.25, 0.3) is 0 Å². The molecule has 0 amide bonds. The number of carbonyl (C=O) groups excluding carboxylic acids is 2. The second-order valence-electron chi connectivity index (χ2n) is 3.90. The molecule has 0 bridgehead atoms. The number of hydrogen-bond acceptors (Lipinski definition) is 2. The summed E-state index contributed by atoms with van der Waals surface area (Å²) in [4.78, 5) is 22.7. The fourth-order valence-corrected chi connectivity index (χ4v) is 1.80. The van der Waals surface area contributed by atoms with Gasteiger partial charge in [-0.15, -0.1) is 6.58 Å². The Hall–Kier alpha value is -0.920. The number of ketones is 2. The minimum absolute atomic E-state index is 0.0185. The molecule has 0 aliphatic carbocycles. The van der Waals surface area contributed by atoms with Crippen LogP contribution in [-0.4, -0.2) is 11.6 Å². The molecule has 0 rings (SSSR count). The fourth-order valence-electron chi connectivity index (χ4n) is 1.80.